The topological polar surface area (TPSA) is 139 Å². The first-order valence-corrected chi connectivity index (χ1v) is 10.8. The van der Waals surface area contributed by atoms with Crippen molar-refractivity contribution in [3.63, 3.8) is 0 Å². The largest absolute Gasteiger partial charge is 0.481 e. The Hall–Kier alpha value is -3.61. The lowest BCUT2D eigenvalue weighted by molar-refractivity contribution is -0.142. The number of alkyl halides is 3. The number of carbonyl (C=O) groups is 2. The standard InChI is InChI=1S/C21H23ClF3N7O3/c1-35-18-6-14(15(22)9-28-18)16(26)7-17(27)20(34)31-4-2-12(3-5-31)19(33)30-13-8-29-32(10-13)11-21(23,24)25/h6-10,12,26H,2-5,11,27H2,1H3,(H,30,33). The van der Waals surface area contributed by atoms with Crippen LogP contribution < -0.4 is 15.8 Å². The highest BCUT2D eigenvalue weighted by Crippen LogP contribution is 2.23. The van der Waals surface area contributed by atoms with E-state index in [1.54, 1.807) is 0 Å². The van der Waals surface area contributed by atoms with Crippen LogP contribution >= 0.6 is 11.6 Å². The zero-order chi connectivity index (χ0) is 25.8. The molecular formula is C21H23ClF3N7O3. The maximum atomic E-state index is 12.7. The number of nitrogens with one attached hydrogen (secondary N) is 2. The number of rotatable bonds is 7. The molecule has 0 radical (unpaired) electrons. The number of carbonyl (C=O) groups excluding carboxylic acids is 2. The van der Waals surface area contributed by atoms with Gasteiger partial charge in [-0.1, -0.05) is 11.6 Å². The van der Waals surface area contributed by atoms with E-state index in [0.717, 1.165) is 12.4 Å². The fourth-order valence-electron chi connectivity index (χ4n) is 3.50. The van der Waals surface area contributed by atoms with Gasteiger partial charge in [0.2, 0.25) is 11.8 Å². The Kier molecular flexibility index (Phi) is 7.99. The molecule has 3 rings (SSSR count). The van der Waals surface area contributed by atoms with Gasteiger partial charge < -0.3 is 26.1 Å². The molecule has 0 unspecified atom stereocenters. The van der Waals surface area contributed by atoms with Crippen LogP contribution in [0.15, 0.2) is 36.4 Å². The number of nitrogens with zero attached hydrogens (tertiary/aromatic N) is 4. The molecule has 0 spiro atoms. The number of ether oxygens (including phenoxy) is 1. The molecule has 4 N–H and O–H groups in total. The second-order valence-electron chi connectivity index (χ2n) is 7.82. The van der Waals surface area contributed by atoms with Gasteiger partial charge in [0, 0.05) is 36.8 Å². The summed E-state index contributed by atoms with van der Waals surface area (Å²) in [5.74, 6) is -1.04. The fourth-order valence-corrected chi connectivity index (χ4v) is 3.71. The molecule has 0 aliphatic carbocycles. The van der Waals surface area contributed by atoms with E-state index in [9.17, 15) is 22.8 Å². The van der Waals surface area contributed by atoms with E-state index in [-0.39, 0.29) is 47.0 Å². The van der Waals surface area contributed by atoms with Crippen molar-refractivity contribution in [1.29, 1.82) is 5.41 Å². The summed E-state index contributed by atoms with van der Waals surface area (Å²) in [6.07, 6.45) is 1.04. The first-order chi connectivity index (χ1) is 16.5. The molecule has 14 heteroatoms. The summed E-state index contributed by atoms with van der Waals surface area (Å²) >= 11 is 6.08. The van der Waals surface area contributed by atoms with Gasteiger partial charge in [0.15, 0.2) is 0 Å². The molecular weight excluding hydrogens is 491 g/mol. The van der Waals surface area contributed by atoms with Crippen LogP contribution in [0.5, 0.6) is 5.88 Å². The Morgan fingerprint density at radius 1 is 1.34 bits per heavy atom. The number of methoxy groups -OCH3 is 1. The van der Waals surface area contributed by atoms with Crippen LogP contribution in [-0.2, 0) is 16.1 Å². The number of pyridine rings is 1. The number of aromatic nitrogens is 3. The van der Waals surface area contributed by atoms with Crippen LogP contribution in [0.3, 0.4) is 0 Å². The molecule has 1 aliphatic heterocycles. The van der Waals surface area contributed by atoms with Gasteiger partial charge in [0.1, 0.15) is 6.54 Å². The summed E-state index contributed by atoms with van der Waals surface area (Å²) in [5.41, 5.74) is 6.12. The number of halogens is 4. The van der Waals surface area contributed by atoms with Crippen LogP contribution in [-0.4, -0.2) is 63.6 Å². The molecule has 1 saturated heterocycles. The Bertz CT molecular complexity index is 1140. The Balaban J connectivity index is 1.54. The average Bonchev–Trinajstić information content (AvgIpc) is 3.23. The van der Waals surface area contributed by atoms with Crippen molar-refractivity contribution in [2.24, 2.45) is 11.7 Å². The first-order valence-electron chi connectivity index (χ1n) is 10.4. The van der Waals surface area contributed by atoms with Gasteiger partial charge >= 0.3 is 6.18 Å². The number of allylic oxidation sites excluding steroid dienone is 1. The molecule has 3 heterocycles. The molecule has 0 aromatic carbocycles. The third kappa shape index (κ3) is 6.94. The van der Waals surface area contributed by atoms with E-state index in [4.69, 9.17) is 27.5 Å². The van der Waals surface area contributed by atoms with Gasteiger partial charge in [-0.25, -0.2) is 4.98 Å². The quantitative estimate of drug-likeness (QED) is 0.384. The summed E-state index contributed by atoms with van der Waals surface area (Å²) in [6, 6.07) is 1.45. The lowest BCUT2D eigenvalue weighted by atomic mass is 9.95. The third-order valence-electron chi connectivity index (χ3n) is 5.27. The first kappa shape index (κ1) is 26.0. The molecule has 188 valence electrons. The molecule has 2 aromatic heterocycles. The van der Waals surface area contributed by atoms with Crippen LogP contribution in [0.1, 0.15) is 18.4 Å². The van der Waals surface area contributed by atoms with Gasteiger partial charge in [-0.3, -0.25) is 14.3 Å². The van der Waals surface area contributed by atoms with Gasteiger partial charge in [-0.05, 0) is 18.9 Å². The number of hydrogen-bond acceptors (Lipinski definition) is 7. The second-order valence-corrected chi connectivity index (χ2v) is 8.22. The lowest BCUT2D eigenvalue weighted by Crippen LogP contribution is -2.43. The zero-order valence-corrected chi connectivity index (χ0v) is 19.4. The van der Waals surface area contributed by atoms with E-state index in [1.807, 2.05) is 0 Å². The normalized spacial score (nSPS) is 15.1. The Morgan fingerprint density at radius 3 is 2.66 bits per heavy atom. The summed E-state index contributed by atoms with van der Waals surface area (Å²) in [4.78, 5) is 30.6. The number of anilines is 1. The minimum atomic E-state index is -4.42. The molecule has 0 atom stereocenters. The molecule has 0 saturated carbocycles. The number of piperidine rings is 1. The SMILES string of the molecule is COc1cc(C(=N)C=C(N)C(=O)N2CCC(C(=O)Nc3cnn(CC(F)(F)F)c3)CC2)c(Cl)cn1. The summed E-state index contributed by atoms with van der Waals surface area (Å²) in [7, 11) is 1.42. The maximum Gasteiger partial charge on any atom is 0.408 e. The van der Waals surface area contributed by atoms with Crippen molar-refractivity contribution >= 4 is 34.8 Å². The Morgan fingerprint density at radius 2 is 2.03 bits per heavy atom. The van der Waals surface area contributed by atoms with Crippen molar-refractivity contribution < 1.29 is 27.5 Å². The second kappa shape index (κ2) is 10.8. The monoisotopic (exact) mass is 513 g/mol. The van der Waals surface area contributed by atoms with Crippen molar-refractivity contribution in [3.8, 4) is 5.88 Å². The highest BCUT2D eigenvalue weighted by Gasteiger charge is 2.30. The summed E-state index contributed by atoms with van der Waals surface area (Å²) in [5, 5.41) is 14.6. The molecule has 1 fully saturated rings. The molecule has 0 bridgehead atoms. The minimum Gasteiger partial charge on any atom is -0.481 e. The summed E-state index contributed by atoms with van der Waals surface area (Å²) in [6.45, 7) is -0.761. The van der Waals surface area contributed by atoms with Gasteiger partial charge in [-0.15, -0.1) is 0 Å². The zero-order valence-electron chi connectivity index (χ0n) is 18.6. The molecule has 1 aliphatic rings. The highest BCUT2D eigenvalue weighted by molar-refractivity contribution is 6.34. The van der Waals surface area contributed by atoms with Gasteiger partial charge in [-0.2, -0.15) is 18.3 Å². The number of hydrogen-bond donors (Lipinski definition) is 3. The fraction of sp³-hybridized carbons (Fsp3) is 0.381. The van der Waals surface area contributed by atoms with E-state index in [1.165, 1.54) is 30.3 Å². The number of nitrogens with two attached hydrogens (primary N) is 1. The number of amides is 2. The molecule has 2 amide bonds. The van der Waals surface area contributed by atoms with E-state index in [2.05, 4.69) is 15.4 Å². The van der Waals surface area contributed by atoms with Crippen molar-refractivity contribution in [1.82, 2.24) is 19.7 Å². The van der Waals surface area contributed by atoms with Crippen molar-refractivity contribution in [2.75, 3.05) is 25.5 Å². The highest BCUT2D eigenvalue weighted by atomic mass is 35.5. The number of likely N-dealkylation sites (tertiary alicyclic amines) is 1. The van der Waals surface area contributed by atoms with Gasteiger partial charge in [0.05, 0.1) is 41.6 Å². The smallest absolute Gasteiger partial charge is 0.408 e. The van der Waals surface area contributed by atoms with E-state index in [0.29, 0.717) is 23.1 Å². The van der Waals surface area contributed by atoms with Crippen molar-refractivity contribution in [3.05, 3.63) is 47.0 Å². The average molecular weight is 514 g/mol. The molecule has 10 nitrogen and oxygen atoms in total. The minimum absolute atomic E-state index is 0.0955. The Labute approximate surface area is 203 Å². The van der Waals surface area contributed by atoms with Gasteiger partial charge in [0.25, 0.3) is 5.91 Å². The maximum absolute atomic E-state index is 12.7. The third-order valence-corrected chi connectivity index (χ3v) is 5.57. The van der Waals surface area contributed by atoms with Crippen molar-refractivity contribution in [2.45, 2.75) is 25.6 Å². The van der Waals surface area contributed by atoms with E-state index >= 15 is 0 Å². The predicted octanol–water partition coefficient (Wildman–Crippen LogP) is 2.59. The van der Waals surface area contributed by atoms with E-state index < -0.39 is 24.5 Å². The molecule has 35 heavy (non-hydrogen) atoms. The molecule has 2 aromatic rings. The van der Waals surface area contributed by atoms with Crippen LogP contribution in [0.2, 0.25) is 5.02 Å². The lowest BCUT2D eigenvalue weighted by Gasteiger charge is -2.31. The van der Waals surface area contributed by atoms with Crippen LogP contribution in [0, 0.1) is 11.3 Å². The summed E-state index contributed by atoms with van der Waals surface area (Å²) < 4.78 is 43.1. The predicted molar refractivity (Wildman–Crippen MR) is 121 cm³/mol. The van der Waals surface area contributed by atoms with Crippen LogP contribution in [0.4, 0.5) is 18.9 Å². The van der Waals surface area contributed by atoms with Crippen LogP contribution in [0.25, 0.3) is 0 Å².